The Bertz CT molecular complexity index is 1270. The molecule has 0 radical (unpaired) electrons. The van der Waals surface area contributed by atoms with Crippen molar-refractivity contribution < 1.29 is 13.2 Å². The molecule has 2 aromatic heterocycles. The first-order chi connectivity index (χ1) is 15.0. The first-order valence-electron chi connectivity index (χ1n) is 9.41. The molecule has 0 spiro atoms. The van der Waals surface area contributed by atoms with E-state index >= 15 is 0 Å². The van der Waals surface area contributed by atoms with E-state index in [9.17, 15) is 13.2 Å². The number of nitrogens with zero attached hydrogens (tertiary/aromatic N) is 3. The fourth-order valence-corrected chi connectivity index (χ4v) is 3.99. The first-order valence-corrected chi connectivity index (χ1v) is 10.9. The zero-order valence-electron chi connectivity index (χ0n) is 16.3. The van der Waals surface area contributed by atoms with E-state index in [1.165, 1.54) is 36.7 Å². The van der Waals surface area contributed by atoms with Crippen LogP contribution in [0, 0.1) is 0 Å². The van der Waals surface area contributed by atoms with Crippen LogP contribution in [-0.2, 0) is 16.6 Å². The summed E-state index contributed by atoms with van der Waals surface area (Å²) >= 11 is 0. The molecule has 2 N–H and O–H groups in total. The van der Waals surface area contributed by atoms with Crippen LogP contribution in [0.2, 0.25) is 0 Å². The Morgan fingerprint density at radius 2 is 1.58 bits per heavy atom. The number of amides is 1. The molecular weight excluding hydrogens is 414 g/mol. The molecule has 0 unspecified atom stereocenters. The fourth-order valence-electron chi connectivity index (χ4n) is 2.93. The zero-order valence-corrected chi connectivity index (χ0v) is 17.2. The van der Waals surface area contributed by atoms with Gasteiger partial charge in [0.05, 0.1) is 23.3 Å². The van der Waals surface area contributed by atoms with Gasteiger partial charge in [0, 0.05) is 24.0 Å². The summed E-state index contributed by atoms with van der Waals surface area (Å²) in [5.41, 5.74) is 1.79. The Morgan fingerprint density at radius 3 is 2.29 bits per heavy atom. The SMILES string of the molecule is O=C(Nc1ccnn1Cc1ccccc1)c1ccc(S(=O)(=O)Nc2ccncc2)cc1. The number of benzene rings is 2. The summed E-state index contributed by atoms with van der Waals surface area (Å²) in [6.45, 7) is 0.515. The predicted octanol–water partition coefficient (Wildman–Crippen LogP) is 3.38. The molecule has 0 saturated heterocycles. The lowest BCUT2D eigenvalue weighted by Crippen LogP contribution is -2.17. The van der Waals surface area contributed by atoms with E-state index in [-0.39, 0.29) is 10.8 Å². The molecule has 2 heterocycles. The highest BCUT2D eigenvalue weighted by molar-refractivity contribution is 7.92. The second-order valence-corrected chi connectivity index (χ2v) is 8.36. The highest BCUT2D eigenvalue weighted by Crippen LogP contribution is 2.17. The van der Waals surface area contributed by atoms with Gasteiger partial charge in [0.25, 0.3) is 15.9 Å². The standard InChI is InChI=1S/C22H19N5O3S/c28-22(25-21-12-15-24-27(21)16-17-4-2-1-3-5-17)18-6-8-20(9-7-18)31(29,30)26-19-10-13-23-14-11-19/h1-15H,16H2,(H,23,26)(H,25,28). The summed E-state index contributed by atoms with van der Waals surface area (Å²) in [6, 6.07) is 20.3. The van der Waals surface area contributed by atoms with Gasteiger partial charge in [0.1, 0.15) is 5.82 Å². The Morgan fingerprint density at radius 1 is 0.871 bits per heavy atom. The number of carbonyl (C=O) groups is 1. The van der Waals surface area contributed by atoms with Crippen LogP contribution in [0.25, 0.3) is 0 Å². The molecule has 4 aromatic rings. The summed E-state index contributed by atoms with van der Waals surface area (Å²) < 4.78 is 29.2. The Hall–Kier alpha value is -3.98. The van der Waals surface area contributed by atoms with Crippen LogP contribution in [0.4, 0.5) is 11.5 Å². The van der Waals surface area contributed by atoms with Crippen molar-refractivity contribution in [1.29, 1.82) is 0 Å². The predicted molar refractivity (Wildman–Crippen MR) is 117 cm³/mol. The number of hydrogen-bond donors (Lipinski definition) is 2. The third-order valence-corrected chi connectivity index (χ3v) is 5.89. The minimum Gasteiger partial charge on any atom is -0.307 e. The van der Waals surface area contributed by atoms with Gasteiger partial charge in [0.2, 0.25) is 0 Å². The van der Waals surface area contributed by atoms with Gasteiger partial charge in [-0.3, -0.25) is 14.5 Å². The average Bonchev–Trinajstić information content (AvgIpc) is 3.21. The molecular formula is C22H19N5O3S. The maximum absolute atomic E-state index is 12.6. The first kappa shape index (κ1) is 20.3. The molecule has 0 aliphatic rings. The van der Waals surface area contributed by atoms with E-state index in [0.717, 1.165) is 5.56 Å². The highest BCUT2D eigenvalue weighted by Gasteiger charge is 2.16. The van der Waals surface area contributed by atoms with Crippen molar-refractivity contribution in [3.63, 3.8) is 0 Å². The minimum absolute atomic E-state index is 0.0509. The third-order valence-electron chi connectivity index (χ3n) is 4.49. The van der Waals surface area contributed by atoms with Crippen LogP contribution in [0.3, 0.4) is 0 Å². The van der Waals surface area contributed by atoms with Gasteiger partial charge in [0.15, 0.2) is 0 Å². The fraction of sp³-hybridized carbons (Fsp3) is 0.0455. The summed E-state index contributed by atoms with van der Waals surface area (Å²) in [4.78, 5) is 16.5. The Balaban J connectivity index is 1.45. The summed E-state index contributed by atoms with van der Waals surface area (Å²) in [6.07, 6.45) is 4.60. The van der Waals surface area contributed by atoms with Gasteiger partial charge < -0.3 is 5.32 Å². The Labute approximate surface area is 179 Å². The van der Waals surface area contributed by atoms with Crippen molar-refractivity contribution in [2.45, 2.75) is 11.4 Å². The zero-order chi connectivity index (χ0) is 21.7. The molecule has 9 heteroatoms. The Kier molecular flexibility index (Phi) is 5.76. The number of sulfonamides is 1. The van der Waals surface area contributed by atoms with E-state index < -0.39 is 10.0 Å². The molecule has 0 atom stereocenters. The van der Waals surface area contributed by atoms with Gasteiger partial charge in [-0.05, 0) is 42.0 Å². The van der Waals surface area contributed by atoms with Gasteiger partial charge in [-0.1, -0.05) is 30.3 Å². The van der Waals surface area contributed by atoms with Gasteiger partial charge in [-0.25, -0.2) is 13.1 Å². The maximum Gasteiger partial charge on any atom is 0.261 e. The molecule has 2 aromatic carbocycles. The molecule has 4 rings (SSSR count). The number of rotatable bonds is 7. The van der Waals surface area contributed by atoms with E-state index in [4.69, 9.17) is 0 Å². The quantitative estimate of drug-likeness (QED) is 0.465. The number of carbonyl (C=O) groups excluding carboxylic acids is 1. The minimum atomic E-state index is -3.77. The number of nitrogens with one attached hydrogen (secondary N) is 2. The molecule has 1 amide bonds. The van der Waals surface area contributed by atoms with E-state index in [1.807, 2.05) is 30.3 Å². The van der Waals surface area contributed by atoms with E-state index in [2.05, 4.69) is 20.1 Å². The molecule has 0 aliphatic carbocycles. The van der Waals surface area contributed by atoms with Crippen LogP contribution in [-0.4, -0.2) is 29.1 Å². The van der Waals surface area contributed by atoms with Gasteiger partial charge in [-0.2, -0.15) is 5.10 Å². The molecule has 156 valence electrons. The van der Waals surface area contributed by atoms with Crippen molar-refractivity contribution >= 4 is 27.4 Å². The lowest BCUT2D eigenvalue weighted by Gasteiger charge is -2.10. The highest BCUT2D eigenvalue weighted by atomic mass is 32.2. The third kappa shape index (κ3) is 4.96. The van der Waals surface area contributed by atoms with Crippen molar-refractivity contribution in [2.24, 2.45) is 0 Å². The topological polar surface area (TPSA) is 106 Å². The van der Waals surface area contributed by atoms with Crippen molar-refractivity contribution in [3.05, 3.63) is 103 Å². The molecule has 0 fully saturated rings. The number of hydrogen-bond acceptors (Lipinski definition) is 5. The van der Waals surface area contributed by atoms with Crippen molar-refractivity contribution in [3.8, 4) is 0 Å². The maximum atomic E-state index is 12.6. The largest absolute Gasteiger partial charge is 0.307 e. The second kappa shape index (κ2) is 8.80. The summed E-state index contributed by atoms with van der Waals surface area (Å²) in [7, 11) is -3.77. The lowest BCUT2D eigenvalue weighted by atomic mass is 10.2. The molecule has 31 heavy (non-hydrogen) atoms. The smallest absolute Gasteiger partial charge is 0.261 e. The average molecular weight is 433 g/mol. The molecule has 0 saturated carbocycles. The number of pyridine rings is 1. The van der Waals surface area contributed by atoms with Gasteiger partial charge >= 0.3 is 0 Å². The normalized spacial score (nSPS) is 11.1. The lowest BCUT2D eigenvalue weighted by molar-refractivity contribution is 0.102. The monoisotopic (exact) mass is 433 g/mol. The van der Waals surface area contributed by atoms with Crippen LogP contribution in [0.5, 0.6) is 0 Å². The van der Waals surface area contributed by atoms with E-state index in [0.29, 0.717) is 23.6 Å². The molecule has 0 aliphatic heterocycles. The van der Waals surface area contributed by atoms with Gasteiger partial charge in [-0.15, -0.1) is 0 Å². The van der Waals surface area contributed by atoms with Crippen molar-refractivity contribution in [2.75, 3.05) is 10.0 Å². The van der Waals surface area contributed by atoms with Crippen LogP contribution >= 0.6 is 0 Å². The second-order valence-electron chi connectivity index (χ2n) is 6.68. The van der Waals surface area contributed by atoms with Crippen molar-refractivity contribution in [1.82, 2.24) is 14.8 Å². The summed E-state index contributed by atoms with van der Waals surface area (Å²) in [5.74, 6) is 0.186. The number of anilines is 2. The molecule has 0 bridgehead atoms. The summed E-state index contributed by atoms with van der Waals surface area (Å²) in [5, 5.41) is 7.07. The number of aromatic nitrogens is 3. The van der Waals surface area contributed by atoms with E-state index in [1.54, 1.807) is 29.1 Å². The van der Waals surface area contributed by atoms with Crippen LogP contribution in [0.1, 0.15) is 15.9 Å². The van der Waals surface area contributed by atoms with Crippen LogP contribution < -0.4 is 10.0 Å². The van der Waals surface area contributed by atoms with Crippen LogP contribution in [0.15, 0.2) is 96.3 Å². The molecule has 8 nitrogen and oxygen atoms in total.